The lowest BCUT2D eigenvalue weighted by Crippen LogP contribution is -2.32. The zero-order chi connectivity index (χ0) is 14.5. The van der Waals surface area contributed by atoms with E-state index in [0.717, 1.165) is 25.2 Å². The summed E-state index contributed by atoms with van der Waals surface area (Å²) in [5.74, 6) is 0. The molecular formula is C13H19N7O. The molecule has 0 bridgehead atoms. The zero-order valence-electron chi connectivity index (χ0n) is 11.9. The summed E-state index contributed by atoms with van der Waals surface area (Å²) in [4.78, 5) is 14.3. The first-order chi connectivity index (χ1) is 10.3. The molecule has 0 aromatic carbocycles. The Morgan fingerprint density at radius 1 is 1.14 bits per heavy atom. The Morgan fingerprint density at radius 2 is 2.00 bits per heavy atom. The fraction of sp³-hybridized carbons (Fsp3) is 0.615. The molecular weight excluding hydrogens is 270 g/mol. The topological polar surface area (TPSA) is 81.7 Å². The van der Waals surface area contributed by atoms with Crippen LogP contribution in [0.25, 0.3) is 0 Å². The van der Waals surface area contributed by atoms with Gasteiger partial charge in [-0.25, -0.2) is 9.36 Å². The van der Waals surface area contributed by atoms with Gasteiger partial charge < -0.3 is 4.90 Å². The van der Waals surface area contributed by atoms with Crippen molar-refractivity contribution in [3.05, 3.63) is 28.9 Å². The summed E-state index contributed by atoms with van der Waals surface area (Å²) in [7, 11) is 0. The van der Waals surface area contributed by atoms with E-state index in [0.29, 0.717) is 13.1 Å². The number of tetrazole rings is 1. The van der Waals surface area contributed by atoms with Gasteiger partial charge in [0.2, 0.25) is 0 Å². The number of piperidine rings is 1. The van der Waals surface area contributed by atoms with Crippen molar-refractivity contribution in [2.75, 3.05) is 18.0 Å². The summed E-state index contributed by atoms with van der Waals surface area (Å²) in [5.41, 5.74) is 0.895. The van der Waals surface area contributed by atoms with Crippen LogP contribution in [0.4, 0.5) is 5.69 Å². The lowest BCUT2D eigenvalue weighted by Gasteiger charge is -2.28. The highest BCUT2D eigenvalue weighted by Crippen LogP contribution is 2.16. The first-order valence-electron chi connectivity index (χ1n) is 7.36. The Morgan fingerprint density at radius 3 is 2.71 bits per heavy atom. The first-order valence-corrected chi connectivity index (χ1v) is 7.36. The largest absolute Gasteiger partial charge is 0.370 e. The molecule has 0 aliphatic carbocycles. The van der Waals surface area contributed by atoms with Crippen molar-refractivity contribution in [1.82, 2.24) is 30.0 Å². The lowest BCUT2D eigenvalue weighted by atomic mass is 10.1. The molecule has 1 aliphatic rings. The zero-order valence-corrected chi connectivity index (χ0v) is 11.9. The molecule has 3 heterocycles. The SMILES string of the molecule is O=c1cc(N2CCCCC2)cnn1CCCn1cnnn1. The predicted molar refractivity (Wildman–Crippen MR) is 77.0 cm³/mol. The molecule has 0 amide bonds. The molecule has 1 aliphatic heterocycles. The highest BCUT2D eigenvalue weighted by Gasteiger charge is 2.12. The van der Waals surface area contributed by atoms with Gasteiger partial charge in [0.05, 0.1) is 11.9 Å². The average Bonchev–Trinajstić information content (AvgIpc) is 3.03. The van der Waals surface area contributed by atoms with Crippen LogP contribution in [0.2, 0.25) is 0 Å². The fourth-order valence-corrected chi connectivity index (χ4v) is 2.58. The summed E-state index contributed by atoms with van der Waals surface area (Å²) in [6.07, 6.45) is 7.78. The number of aryl methyl sites for hydroxylation is 2. The maximum Gasteiger partial charge on any atom is 0.268 e. The minimum Gasteiger partial charge on any atom is -0.370 e. The van der Waals surface area contributed by atoms with Crippen LogP contribution >= 0.6 is 0 Å². The van der Waals surface area contributed by atoms with E-state index in [-0.39, 0.29) is 5.56 Å². The summed E-state index contributed by atoms with van der Waals surface area (Å²) < 4.78 is 3.14. The van der Waals surface area contributed by atoms with E-state index in [1.807, 2.05) is 0 Å². The molecule has 1 fully saturated rings. The van der Waals surface area contributed by atoms with Gasteiger partial charge in [-0.3, -0.25) is 4.79 Å². The molecule has 2 aromatic heterocycles. The van der Waals surface area contributed by atoms with Gasteiger partial charge in [-0.2, -0.15) is 5.10 Å². The number of anilines is 1. The van der Waals surface area contributed by atoms with Gasteiger partial charge in [0, 0.05) is 32.2 Å². The second kappa shape index (κ2) is 6.47. The summed E-state index contributed by atoms with van der Waals surface area (Å²) in [6, 6.07) is 1.69. The fourth-order valence-electron chi connectivity index (χ4n) is 2.58. The maximum absolute atomic E-state index is 12.1. The Balaban J connectivity index is 1.60. The molecule has 3 rings (SSSR count). The van der Waals surface area contributed by atoms with Crippen LogP contribution < -0.4 is 10.5 Å². The maximum atomic E-state index is 12.1. The molecule has 2 aromatic rings. The molecule has 112 valence electrons. The lowest BCUT2D eigenvalue weighted by molar-refractivity contribution is 0.477. The standard InChI is InChI=1S/C13H19N7O/c21-13-9-12(18-5-2-1-3-6-18)10-15-20(13)8-4-7-19-11-14-16-17-19/h9-11H,1-8H2. The van der Waals surface area contributed by atoms with E-state index >= 15 is 0 Å². The van der Waals surface area contributed by atoms with Gasteiger partial charge >= 0.3 is 0 Å². The quantitative estimate of drug-likeness (QED) is 0.788. The summed E-state index contributed by atoms with van der Waals surface area (Å²) in [6.45, 7) is 3.28. The monoisotopic (exact) mass is 289 g/mol. The van der Waals surface area contributed by atoms with Crippen molar-refractivity contribution in [3.63, 3.8) is 0 Å². The number of nitrogens with zero attached hydrogens (tertiary/aromatic N) is 7. The third-order valence-corrected chi connectivity index (χ3v) is 3.72. The molecule has 0 spiro atoms. The second-order valence-electron chi connectivity index (χ2n) is 5.25. The van der Waals surface area contributed by atoms with Crippen molar-refractivity contribution in [3.8, 4) is 0 Å². The highest BCUT2D eigenvalue weighted by atomic mass is 16.1. The van der Waals surface area contributed by atoms with Gasteiger partial charge in [0.15, 0.2) is 0 Å². The molecule has 8 heteroatoms. The molecule has 0 radical (unpaired) electrons. The van der Waals surface area contributed by atoms with Crippen LogP contribution in [0.15, 0.2) is 23.4 Å². The molecule has 21 heavy (non-hydrogen) atoms. The number of hydrogen-bond donors (Lipinski definition) is 0. The normalized spacial score (nSPS) is 15.3. The van der Waals surface area contributed by atoms with Gasteiger partial charge in [-0.05, 0) is 36.1 Å². The minimum absolute atomic E-state index is 0.0465. The van der Waals surface area contributed by atoms with Crippen molar-refractivity contribution in [2.45, 2.75) is 38.8 Å². The van der Waals surface area contributed by atoms with Crippen molar-refractivity contribution >= 4 is 5.69 Å². The highest BCUT2D eigenvalue weighted by molar-refractivity contribution is 5.43. The van der Waals surface area contributed by atoms with Crippen molar-refractivity contribution < 1.29 is 0 Å². The smallest absolute Gasteiger partial charge is 0.268 e. The van der Waals surface area contributed by atoms with Gasteiger partial charge in [-0.1, -0.05) is 0 Å². The predicted octanol–water partition coefficient (Wildman–Crippen LogP) is 0.310. The molecule has 0 saturated carbocycles. The number of rotatable bonds is 5. The van der Waals surface area contributed by atoms with Crippen molar-refractivity contribution in [1.29, 1.82) is 0 Å². The van der Waals surface area contributed by atoms with Crippen LogP contribution in [0.5, 0.6) is 0 Å². The molecule has 0 unspecified atom stereocenters. The first kappa shape index (κ1) is 13.7. The van der Waals surface area contributed by atoms with Crippen LogP contribution in [0.3, 0.4) is 0 Å². The molecule has 0 atom stereocenters. The van der Waals surface area contributed by atoms with E-state index in [2.05, 4.69) is 25.5 Å². The van der Waals surface area contributed by atoms with E-state index in [1.54, 1.807) is 23.3 Å². The molecule has 1 saturated heterocycles. The van der Waals surface area contributed by atoms with Gasteiger partial charge in [-0.15, -0.1) is 5.10 Å². The Kier molecular flexibility index (Phi) is 4.23. The third kappa shape index (κ3) is 3.45. The van der Waals surface area contributed by atoms with Crippen LogP contribution in [-0.2, 0) is 13.1 Å². The van der Waals surface area contributed by atoms with Crippen LogP contribution in [0, 0.1) is 0 Å². The van der Waals surface area contributed by atoms with E-state index in [4.69, 9.17) is 0 Å². The molecule has 0 N–H and O–H groups in total. The Labute approximate surface area is 122 Å². The van der Waals surface area contributed by atoms with E-state index in [1.165, 1.54) is 23.9 Å². The van der Waals surface area contributed by atoms with Gasteiger partial charge in [0.25, 0.3) is 5.56 Å². The summed E-state index contributed by atoms with van der Waals surface area (Å²) in [5, 5.41) is 15.2. The minimum atomic E-state index is -0.0465. The van der Waals surface area contributed by atoms with Crippen molar-refractivity contribution in [2.24, 2.45) is 0 Å². The number of aromatic nitrogens is 6. The average molecular weight is 289 g/mol. The van der Waals surface area contributed by atoms with E-state index in [9.17, 15) is 4.79 Å². The Bertz CT molecular complexity index is 616. The van der Waals surface area contributed by atoms with Gasteiger partial charge in [0.1, 0.15) is 6.33 Å². The van der Waals surface area contributed by atoms with Crippen LogP contribution in [-0.4, -0.2) is 43.1 Å². The van der Waals surface area contributed by atoms with Crippen LogP contribution in [0.1, 0.15) is 25.7 Å². The number of hydrogen-bond acceptors (Lipinski definition) is 6. The summed E-state index contributed by atoms with van der Waals surface area (Å²) >= 11 is 0. The van der Waals surface area contributed by atoms with E-state index < -0.39 is 0 Å². The molecule has 8 nitrogen and oxygen atoms in total. The second-order valence-corrected chi connectivity index (χ2v) is 5.25. The Hall–Kier alpha value is -2.25. The third-order valence-electron chi connectivity index (χ3n) is 3.72.